The van der Waals surface area contributed by atoms with E-state index in [1.807, 2.05) is 37.3 Å². The summed E-state index contributed by atoms with van der Waals surface area (Å²) in [4.78, 5) is 14.3. The van der Waals surface area contributed by atoms with Crippen LogP contribution in [0.25, 0.3) is 0 Å². The Labute approximate surface area is 128 Å². The van der Waals surface area contributed by atoms with E-state index in [0.29, 0.717) is 6.61 Å². The standard InChI is InChI=1S/C16H25NO2.ClH/c1-4-15(14-10-8-7-9-11-14)16(18)19-13-12-17(5-2)6-3;/h7-11,15H,4-6,12-13H2,1-3H3;1H/t15-;/m1./s1. The van der Waals surface area contributed by atoms with Gasteiger partial charge in [0.05, 0.1) is 5.92 Å². The molecule has 0 fully saturated rings. The highest BCUT2D eigenvalue weighted by atomic mass is 35.5. The fourth-order valence-electron chi connectivity index (χ4n) is 2.14. The molecule has 1 aromatic rings. The van der Waals surface area contributed by atoms with Crippen molar-refractivity contribution < 1.29 is 9.53 Å². The van der Waals surface area contributed by atoms with E-state index in [4.69, 9.17) is 4.74 Å². The first kappa shape index (κ1) is 18.9. The number of carbonyl (C=O) groups excluding carboxylic acids is 1. The molecule has 20 heavy (non-hydrogen) atoms. The number of nitrogens with zero attached hydrogens (tertiary/aromatic N) is 1. The van der Waals surface area contributed by atoms with Gasteiger partial charge in [-0.25, -0.2) is 0 Å². The number of halogens is 1. The minimum absolute atomic E-state index is 0. The van der Waals surface area contributed by atoms with E-state index in [2.05, 4.69) is 18.7 Å². The first-order valence-corrected chi connectivity index (χ1v) is 7.16. The largest absolute Gasteiger partial charge is 0.464 e. The maximum absolute atomic E-state index is 12.1. The number of likely N-dealkylation sites (N-methyl/N-ethyl adjacent to an activating group) is 1. The second-order valence-corrected chi connectivity index (χ2v) is 4.57. The van der Waals surface area contributed by atoms with Crippen molar-refractivity contribution in [3.63, 3.8) is 0 Å². The van der Waals surface area contributed by atoms with E-state index < -0.39 is 0 Å². The molecule has 0 heterocycles. The molecule has 0 aliphatic heterocycles. The fourth-order valence-corrected chi connectivity index (χ4v) is 2.14. The number of esters is 1. The van der Waals surface area contributed by atoms with Gasteiger partial charge in [-0.3, -0.25) is 4.79 Å². The molecule has 0 radical (unpaired) electrons. The molecule has 1 aromatic carbocycles. The number of hydrogen-bond acceptors (Lipinski definition) is 3. The average Bonchev–Trinajstić information content (AvgIpc) is 2.45. The molecule has 0 amide bonds. The molecule has 0 saturated carbocycles. The van der Waals surface area contributed by atoms with Gasteiger partial charge in [0.25, 0.3) is 0 Å². The summed E-state index contributed by atoms with van der Waals surface area (Å²) in [6, 6.07) is 9.85. The van der Waals surface area contributed by atoms with Crippen molar-refractivity contribution in [2.24, 2.45) is 0 Å². The zero-order valence-corrected chi connectivity index (χ0v) is 13.5. The van der Waals surface area contributed by atoms with Crippen LogP contribution >= 0.6 is 12.4 Å². The lowest BCUT2D eigenvalue weighted by atomic mass is 9.97. The monoisotopic (exact) mass is 299 g/mol. The second-order valence-electron chi connectivity index (χ2n) is 4.57. The first-order valence-electron chi connectivity index (χ1n) is 7.16. The Balaban J connectivity index is 0.00000361. The fraction of sp³-hybridized carbons (Fsp3) is 0.562. The third-order valence-electron chi connectivity index (χ3n) is 3.44. The van der Waals surface area contributed by atoms with Gasteiger partial charge in [0.2, 0.25) is 0 Å². The maximum Gasteiger partial charge on any atom is 0.313 e. The van der Waals surface area contributed by atoms with Crippen molar-refractivity contribution in [2.45, 2.75) is 33.1 Å². The van der Waals surface area contributed by atoms with Crippen molar-refractivity contribution in [3.05, 3.63) is 35.9 Å². The van der Waals surface area contributed by atoms with Crippen LogP contribution in [0.1, 0.15) is 38.7 Å². The van der Waals surface area contributed by atoms with Crippen LogP contribution in [-0.2, 0) is 9.53 Å². The van der Waals surface area contributed by atoms with E-state index in [-0.39, 0.29) is 24.3 Å². The Hall–Kier alpha value is -1.06. The van der Waals surface area contributed by atoms with Gasteiger partial charge in [0.1, 0.15) is 6.61 Å². The Morgan fingerprint density at radius 2 is 1.75 bits per heavy atom. The lowest BCUT2D eigenvalue weighted by molar-refractivity contribution is -0.146. The Morgan fingerprint density at radius 1 is 1.15 bits per heavy atom. The maximum atomic E-state index is 12.1. The zero-order valence-electron chi connectivity index (χ0n) is 12.7. The molecule has 114 valence electrons. The normalized spacial score (nSPS) is 11.8. The predicted molar refractivity (Wildman–Crippen MR) is 85.5 cm³/mol. The topological polar surface area (TPSA) is 29.5 Å². The second kappa shape index (κ2) is 10.7. The van der Waals surface area contributed by atoms with Crippen LogP contribution in [0.5, 0.6) is 0 Å². The molecule has 0 unspecified atom stereocenters. The molecule has 0 bridgehead atoms. The summed E-state index contributed by atoms with van der Waals surface area (Å²) in [5.41, 5.74) is 1.04. The molecule has 0 spiro atoms. The minimum Gasteiger partial charge on any atom is -0.464 e. The summed E-state index contributed by atoms with van der Waals surface area (Å²) >= 11 is 0. The first-order chi connectivity index (χ1) is 9.22. The van der Waals surface area contributed by atoms with Gasteiger partial charge < -0.3 is 9.64 Å². The molecule has 0 saturated heterocycles. The van der Waals surface area contributed by atoms with Crippen molar-refractivity contribution in [2.75, 3.05) is 26.2 Å². The summed E-state index contributed by atoms with van der Waals surface area (Å²) < 4.78 is 5.40. The van der Waals surface area contributed by atoms with Gasteiger partial charge in [0.15, 0.2) is 0 Å². The lowest BCUT2D eigenvalue weighted by Gasteiger charge is -2.19. The van der Waals surface area contributed by atoms with Gasteiger partial charge in [-0.1, -0.05) is 51.1 Å². The van der Waals surface area contributed by atoms with E-state index in [1.54, 1.807) is 0 Å². The van der Waals surface area contributed by atoms with Crippen LogP contribution < -0.4 is 0 Å². The molecule has 1 atom stereocenters. The summed E-state index contributed by atoms with van der Waals surface area (Å²) in [5.74, 6) is -0.251. The van der Waals surface area contributed by atoms with E-state index in [9.17, 15) is 4.79 Å². The molecule has 0 aromatic heterocycles. The van der Waals surface area contributed by atoms with E-state index in [1.165, 1.54) is 0 Å². The Bertz CT molecular complexity index is 366. The lowest BCUT2D eigenvalue weighted by Crippen LogP contribution is -2.28. The number of rotatable bonds is 8. The van der Waals surface area contributed by atoms with Crippen LogP contribution in [0.15, 0.2) is 30.3 Å². The van der Waals surface area contributed by atoms with Gasteiger partial charge in [-0.15, -0.1) is 12.4 Å². The summed E-state index contributed by atoms with van der Waals surface area (Å²) in [5, 5.41) is 0. The Morgan fingerprint density at radius 3 is 2.25 bits per heavy atom. The van der Waals surface area contributed by atoms with Crippen LogP contribution in [-0.4, -0.2) is 37.1 Å². The molecular weight excluding hydrogens is 274 g/mol. The van der Waals surface area contributed by atoms with Crippen molar-refractivity contribution in [1.29, 1.82) is 0 Å². The van der Waals surface area contributed by atoms with Crippen molar-refractivity contribution in [3.8, 4) is 0 Å². The molecular formula is C16H26ClNO2. The quantitative estimate of drug-likeness (QED) is 0.688. The van der Waals surface area contributed by atoms with E-state index >= 15 is 0 Å². The Kier molecular flexibility index (Phi) is 10.1. The van der Waals surface area contributed by atoms with Crippen LogP contribution in [0.4, 0.5) is 0 Å². The van der Waals surface area contributed by atoms with Crippen LogP contribution in [0.3, 0.4) is 0 Å². The summed E-state index contributed by atoms with van der Waals surface area (Å²) in [6.07, 6.45) is 0.772. The minimum atomic E-state index is -0.141. The highest BCUT2D eigenvalue weighted by molar-refractivity contribution is 5.85. The predicted octanol–water partition coefficient (Wildman–Crippen LogP) is 3.49. The van der Waals surface area contributed by atoms with Crippen molar-refractivity contribution in [1.82, 2.24) is 4.90 Å². The molecule has 0 N–H and O–H groups in total. The van der Waals surface area contributed by atoms with E-state index in [0.717, 1.165) is 31.6 Å². The number of ether oxygens (including phenoxy) is 1. The summed E-state index contributed by atoms with van der Waals surface area (Å²) in [6.45, 7) is 9.51. The molecule has 0 aliphatic carbocycles. The third-order valence-corrected chi connectivity index (χ3v) is 3.44. The van der Waals surface area contributed by atoms with Crippen molar-refractivity contribution >= 4 is 18.4 Å². The highest BCUT2D eigenvalue weighted by Gasteiger charge is 2.19. The highest BCUT2D eigenvalue weighted by Crippen LogP contribution is 2.20. The van der Waals surface area contributed by atoms with Gasteiger partial charge in [0, 0.05) is 6.54 Å². The van der Waals surface area contributed by atoms with Gasteiger partial charge >= 0.3 is 5.97 Å². The smallest absolute Gasteiger partial charge is 0.313 e. The molecule has 4 heteroatoms. The third kappa shape index (κ3) is 5.93. The molecule has 3 nitrogen and oxygen atoms in total. The SMILES string of the molecule is CC[C@@H](C(=O)OCCN(CC)CC)c1ccccc1.Cl. The van der Waals surface area contributed by atoms with Crippen LogP contribution in [0.2, 0.25) is 0 Å². The molecule has 1 rings (SSSR count). The summed E-state index contributed by atoms with van der Waals surface area (Å²) in [7, 11) is 0. The zero-order chi connectivity index (χ0) is 14.1. The van der Waals surface area contributed by atoms with Gasteiger partial charge in [-0.05, 0) is 25.1 Å². The number of carbonyl (C=O) groups is 1. The molecule has 0 aliphatic rings. The average molecular weight is 300 g/mol. The van der Waals surface area contributed by atoms with Crippen LogP contribution in [0, 0.1) is 0 Å². The number of hydrogen-bond donors (Lipinski definition) is 0. The number of benzene rings is 1. The van der Waals surface area contributed by atoms with Gasteiger partial charge in [-0.2, -0.15) is 0 Å².